The monoisotopic (exact) mass is 1010 g/mol. The van der Waals surface area contributed by atoms with Gasteiger partial charge in [-0.1, -0.05) is 302 Å². The molecule has 0 saturated carbocycles. The van der Waals surface area contributed by atoms with Gasteiger partial charge in [-0.25, -0.2) is 0 Å². The highest BCUT2D eigenvalue weighted by Crippen LogP contribution is 2.16. The first kappa shape index (κ1) is 69.8. The topological polar surface area (TPSA) is 69.6 Å². The maximum atomic E-state index is 12.5. The lowest BCUT2D eigenvalue weighted by atomic mass is 10.0. The number of carbonyl (C=O) groups excluding carboxylic acids is 1. The van der Waals surface area contributed by atoms with Crippen LogP contribution in [0.3, 0.4) is 0 Å². The third kappa shape index (κ3) is 59.5. The molecule has 0 aliphatic carbocycles. The van der Waals surface area contributed by atoms with Crippen molar-refractivity contribution in [1.29, 1.82) is 0 Å². The summed E-state index contributed by atoms with van der Waals surface area (Å²) in [6, 6.07) is -0.655. The molecule has 0 fully saturated rings. The van der Waals surface area contributed by atoms with E-state index in [9.17, 15) is 15.0 Å². The second kappa shape index (κ2) is 63.1. The van der Waals surface area contributed by atoms with E-state index in [2.05, 4.69) is 129 Å². The molecule has 2 unspecified atom stereocenters. The number of hydrogen-bond donors (Lipinski definition) is 3. The van der Waals surface area contributed by atoms with Gasteiger partial charge in [0, 0.05) is 6.42 Å². The van der Waals surface area contributed by atoms with Crippen LogP contribution in [0.5, 0.6) is 0 Å². The van der Waals surface area contributed by atoms with Gasteiger partial charge in [0.15, 0.2) is 0 Å². The number of nitrogens with one attached hydrogen (secondary N) is 1. The van der Waals surface area contributed by atoms with Crippen molar-refractivity contribution in [2.75, 3.05) is 6.61 Å². The van der Waals surface area contributed by atoms with Gasteiger partial charge in [-0.3, -0.25) is 4.79 Å². The lowest BCUT2D eigenvalue weighted by molar-refractivity contribution is -0.123. The van der Waals surface area contributed by atoms with E-state index >= 15 is 0 Å². The van der Waals surface area contributed by atoms with Gasteiger partial charge in [-0.05, 0) is 103 Å². The van der Waals surface area contributed by atoms with Crippen molar-refractivity contribution in [3.63, 3.8) is 0 Å². The predicted molar refractivity (Wildman–Crippen MR) is 326 cm³/mol. The van der Waals surface area contributed by atoms with Gasteiger partial charge in [0.2, 0.25) is 5.91 Å². The molecule has 0 spiro atoms. The molecule has 3 N–H and O–H groups in total. The van der Waals surface area contributed by atoms with Crippen LogP contribution in [0.25, 0.3) is 0 Å². The molecule has 4 nitrogen and oxygen atoms in total. The molecule has 0 aliphatic rings. The SMILES string of the molecule is CC/C=C\C/C=C\C/C=C\C/C=C\C/C=C\C/C=C\C/C=C\CCCCCCCCCCCCCCCC(=O)NC(CO)C(O)/C=C/CC/C=C/CC/C=C/CCCCCCCCCCCCCCCCCC. The second-order valence-corrected chi connectivity index (χ2v) is 20.7. The van der Waals surface area contributed by atoms with Gasteiger partial charge < -0.3 is 15.5 Å². The number of amides is 1. The van der Waals surface area contributed by atoms with Crippen LogP contribution >= 0.6 is 0 Å². The number of hydrogen-bond acceptors (Lipinski definition) is 3. The standard InChI is InChI=1S/C69H119NO3/c1-3-5-7-9-11-13-15-17-19-21-23-25-27-29-31-32-33-34-35-36-37-38-39-41-43-45-47-49-51-53-55-57-59-61-63-65-69(73)70-67(66-71)68(72)64-62-60-58-56-54-52-50-48-46-44-42-40-30-28-26-24-22-20-18-16-14-12-10-8-6-4-2/h5,7,11,13,17,19,23,25,29,31,33-34,36-37,46,48,54,56,62,64,67-68,71-72H,3-4,6,8-10,12,14-16,18,20-22,24,26-28,30,32,35,38-45,47,49-53,55,57-61,63,65-66H2,1-2H3,(H,70,73)/b7-5-,13-11-,19-17-,25-23-,31-29-,34-33-,37-36-,48-46+,56-54+,64-62+. The molecule has 2 atom stereocenters. The molecule has 0 aromatic carbocycles. The van der Waals surface area contributed by atoms with Gasteiger partial charge in [0.1, 0.15) is 0 Å². The Balaban J connectivity index is 3.59. The molecule has 0 aromatic heterocycles. The average molecular weight is 1010 g/mol. The van der Waals surface area contributed by atoms with E-state index in [1.165, 1.54) is 186 Å². The highest BCUT2D eigenvalue weighted by Gasteiger charge is 2.18. The molecule has 4 heteroatoms. The van der Waals surface area contributed by atoms with Crippen LogP contribution in [-0.4, -0.2) is 34.9 Å². The summed E-state index contributed by atoms with van der Waals surface area (Å²) in [5, 5.41) is 23.2. The fraction of sp³-hybridized carbons (Fsp3) is 0.696. The molecule has 73 heavy (non-hydrogen) atoms. The average Bonchev–Trinajstić information content (AvgIpc) is 3.40. The number of aliphatic hydroxyl groups excluding tert-OH is 2. The van der Waals surface area contributed by atoms with E-state index < -0.39 is 12.1 Å². The van der Waals surface area contributed by atoms with Crippen LogP contribution < -0.4 is 5.32 Å². The lowest BCUT2D eigenvalue weighted by Crippen LogP contribution is -2.45. The fourth-order valence-corrected chi connectivity index (χ4v) is 8.96. The molecule has 0 aromatic rings. The van der Waals surface area contributed by atoms with Crippen molar-refractivity contribution in [2.45, 2.75) is 302 Å². The highest BCUT2D eigenvalue weighted by atomic mass is 16.3. The van der Waals surface area contributed by atoms with E-state index in [4.69, 9.17) is 0 Å². The summed E-state index contributed by atoms with van der Waals surface area (Å²) >= 11 is 0. The van der Waals surface area contributed by atoms with Crippen molar-refractivity contribution in [2.24, 2.45) is 0 Å². The zero-order valence-electron chi connectivity index (χ0n) is 48.1. The summed E-state index contributed by atoms with van der Waals surface area (Å²) in [6.07, 6.45) is 96.7. The first-order valence-electron chi connectivity index (χ1n) is 31.2. The summed E-state index contributed by atoms with van der Waals surface area (Å²) in [6.45, 7) is 4.19. The number of carbonyl (C=O) groups is 1. The van der Waals surface area contributed by atoms with E-state index in [1.54, 1.807) is 6.08 Å². The molecule has 418 valence electrons. The molecule has 0 bridgehead atoms. The number of allylic oxidation sites excluding steroid dienone is 19. The Morgan fingerprint density at radius 3 is 0.959 bits per heavy atom. The van der Waals surface area contributed by atoms with E-state index in [0.717, 1.165) is 83.5 Å². The van der Waals surface area contributed by atoms with Gasteiger partial charge in [-0.15, -0.1) is 0 Å². The number of unbranched alkanes of at least 4 members (excludes halogenated alkanes) is 31. The molecule has 0 saturated heterocycles. The van der Waals surface area contributed by atoms with Gasteiger partial charge in [0.05, 0.1) is 18.8 Å². The number of rotatable bonds is 56. The predicted octanol–water partition coefficient (Wildman–Crippen LogP) is 21.2. The Labute approximate surface area is 454 Å². The maximum Gasteiger partial charge on any atom is 0.220 e. The Morgan fingerprint density at radius 1 is 0.342 bits per heavy atom. The van der Waals surface area contributed by atoms with Crippen molar-refractivity contribution in [3.8, 4) is 0 Å². The van der Waals surface area contributed by atoms with E-state index in [-0.39, 0.29) is 12.5 Å². The van der Waals surface area contributed by atoms with Crippen LogP contribution in [0, 0.1) is 0 Å². The highest BCUT2D eigenvalue weighted by molar-refractivity contribution is 5.76. The zero-order chi connectivity index (χ0) is 52.7. The van der Waals surface area contributed by atoms with Gasteiger partial charge in [-0.2, -0.15) is 0 Å². The molecule has 1 amide bonds. The second-order valence-electron chi connectivity index (χ2n) is 20.7. The lowest BCUT2D eigenvalue weighted by Gasteiger charge is -2.19. The van der Waals surface area contributed by atoms with Crippen LogP contribution in [0.15, 0.2) is 122 Å². The van der Waals surface area contributed by atoms with E-state index in [0.29, 0.717) is 6.42 Å². The van der Waals surface area contributed by atoms with Crippen LogP contribution in [0.1, 0.15) is 290 Å². The van der Waals surface area contributed by atoms with Crippen molar-refractivity contribution >= 4 is 5.91 Å². The van der Waals surface area contributed by atoms with E-state index in [1.807, 2.05) is 6.08 Å². The van der Waals surface area contributed by atoms with Crippen LogP contribution in [0.4, 0.5) is 0 Å². The molecule has 0 radical (unpaired) electrons. The molecular formula is C69H119NO3. The smallest absolute Gasteiger partial charge is 0.220 e. The Kier molecular flexibility index (Phi) is 60.3. The Bertz CT molecular complexity index is 1420. The normalized spacial score (nSPS) is 13.6. The minimum absolute atomic E-state index is 0.0817. The molecule has 0 rings (SSSR count). The number of aliphatic hydroxyl groups is 2. The Morgan fingerprint density at radius 2 is 0.616 bits per heavy atom. The molecule has 0 heterocycles. The summed E-state index contributed by atoms with van der Waals surface area (Å²) in [4.78, 5) is 12.5. The third-order valence-corrected chi connectivity index (χ3v) is 13.7. The van der Waals surface area contributed by atoms with Crippen LogP contribution in [0.2, 0.25) is 0 Å². The largest absolute Gasteiger partial charge is 0.394 e. The summed E-state index contributed by atoms with van der Waals surface area (Å²) < 4.78 is 0. The van der Waals surface area contributed by atoms with Crippen molar-refractivity contribution < 1.29 is 15.0 Å². The first-order chi connectivity index (χ1) is 36.2. The fourth-order valence-electron chi connectivity index (χ4n) is 8.96. The summed E-state index contributed by atoms with van der Waals surface area (Å²) in [5.74, 6) is -0.0817. The minimum Gasteiger partial charge on any atom is -0.394 e. The zero-order valence-corrected chi connectivity index (χ0v) is 48.1. The van der Waals surface area contributed by atoms with Gasteiger partial charge >= 0.3 is 0 Å². The Hall–Kier alpha value is -3.21. The van der Waals surface area contributed by atoms with Crippen molar-refractivity contribution in [3.05, 3.63) is 122 Å². The minimum atomic E-state index is -0.879. The van der Waals surface area contributed by atoms with Crippen molar-refractivity contribution in [1.82, 2.24) is 5.32 Å². The van der Waals surface area contributed by atoms with Gasteiger partial charge in [0.25, 0.3) is 0 Å². The first-order valence-corrected chi connectivity index (χ1v) is 31.2. The summed E-state index contributed by atoms with van der Waals surface area (Å²) in [7, 11) is 0. The quantitative estimate of drug-likeness (QED) is 0.0420. The maximum absolute atomic E-state index is 12.5. The third-order valence-electron chi connectivity index (χ3n) is 13.7. The molecular weight excluding hydrogens is 891 g/mol. The molecule has 0 aliphatic heterocycles. The summed E-state index contributed by atoms with van der Waals surface area (Å²) in [5.41, 5.74) is 0. The van der Waals surface area contributed by atoms with Crippen LogP contribution in [-0.2, 0) is 4.79 Å².